The normalized spacial score (nSPS) is 11.8. The summed E-state index contributed by atoms with van der Waals surface area (Å²) in [4.78, 5) is 4.10. The van der Waals surface area contributed by atoms with Crippen molar-refractivity contribution < 1.29 is 0 Å². The van der Waals surface area contributed by atoms with Crippen LogP contribution in [-0.2, 0) is 0 Å². The van der Waals surface area contributed by atoms with E-state index in [4.69, 9.17) is 35.4 Å². The van der Waals surface area contributed by atoms with Gasteiger partial charge in [0.15, 0.2) is 10.9 Å². The molecule has 6 heteroatoms. The van der Waals surface area contributed by atoms with Crippen molar-refractivity contribution >= 4 is 46.4 Å². The van der Waals surface area contributed by atoms with E-state index < -0.39 is 0 Å². The minimum Gasteiger partial charge on any atom is -0.356 e. The predicted molar refractivity (Wildman–Crippen MR) is 88.5 cm³/mol. The number of benzene rings is 1. The maximum atomic E-state index is 6.03. The van der Waals surface area contributed by atoms with Crippen LogP contribution in [0.2, 0.25) is 10.0 Å². The van der Waals surface area contributed by atoms with Crippen molar-refractivity contribution in [2.45, 2.75) is 13.0 Å². The fourth-order valence-electron chi connectivity index (χ4n) is 1.67. The Hall–Kier alpha value is -1.36. The number of halogens is 2. The summed E-state index contributed by atoms with van der Waals surface area (Å²) in [7, 11) is 0. The Labute approximate surface area is 133 Å². The molecule has 0 saturated heterocycles. The summed E-state index contributed by atoms with van der Waals surface area (Å²) < 4.78 is 0. The lowest BCUT2D eigenvalue weighted by Crippen LogP contribution is -2.31. The van der Waals surface area contributed by atoms with E-state index in [1.54, 1.807) is 6.07 Å². The van der Waals surface area contributed by atoms with Gasteiger partial charge >= 0.3 is 0 Å². The first-order chi connectivity index (χ1) is 9.56. The zero-order valence-corrected chi connectivity index (χ0v) is 13.1. The van der Waals surface area contributed by atoms with Crippen molar-refractivity contribution in [2.24, 2.45) is 0 Å². The average molecular weight is 326 g/mol. The van der Waals surface area contributed by atoms with E-state index in [9.17, 15) is 0 Å². The number of pyridine rings is 1. The lowest BCUT2D eigenvalue weighted by Gasteiger charge is -2.17. The van der Waals surface area contributed by atoms with Crippen LogP contribution in [0.15, 0.2) is 42.6 Å². The first-order valence-electron chi connectivity index (χ1n) is 6.00. The molecule has 0 bridgehead atoms. The molecule has 0 aliphatic rings. The van der Waals surface area contributed by atoms with Gasteiger partial charge in [0.05, 0.1) is 16.1 Å². The molecule has 0 saturated carbocycles. The quantitative estimate of drug-likeness (QED) is 0.818. The Bertz CT molecular complexity index is 605. The number of hydrogen-bond acceptors (Lipinski definition) is 2. The highest BCUT2D eigenvalue weighted by atomic mass is 35.5. The number of thiocarbonyl (C=S) groups is 1. The highest BCUT2D eigenvalue weighted by molar-refractivity contribution is 7.80. The van der Waals surface area contributed by atoms with E-state index >= 15 is 0 Å². The van der Waals surface area contributed by atoms with Crippen LogP contribution >= 0.6 is 35.4 Å². The van der Waals surface area contributed by atoms with E-state index in [0.717, 1.165) is 5.56 Å². The van der Waals surface area contributed by atoms with E-state index in [1.165, 1.54) is 6.20 Å². The Kier molecular flexibility index (Phi) is 5.17. The van der Waals surface area contributed by atoms with Crippen LogP contribution in [0.4, 0.5) is 5.82 Å². The van der Waals surface area contributed by atoms with Crippen molar-refractivity contribution in [3.63, 3.8) is 0 Å². The van der Waals surface area contributed by atoms with Crippen LogP contribution in [0.5, 0.6) is 0 Å². The van der Waals surface area contributed by atoms with Gasteiger partial charge in [-0.15, -0.1) is 0 Å². The van der Waals surface area contributed by atoms with Gasteiger partial charge in [0.25, 0.3) is 0 Å². The van der Waals surface area contributed by atoms with Gasteiger partial charge in [-0.1, -0.05) is 53.5 Å². The number of nitrogens with one attached hydrogen (secondary N) is 2. The number of nitrogens with zero attached hydrogens (tertiary/aromatic N) is 1. The SMILES string of the molecule is C[C@@H](NC(=S)Nc1ncc(Cl)cc1Cl)c1ccccc1. The first-order valence-corrected chi connectivity index (χ1v) is 7.16. The fraction of sp³-hybridized carbons (Fsp3) is 0.143. The molecule has 0 amide bonds. The van der Waals surface area contributed by atoms with E-state index in [1.807, 2.05) is 37.3 Å². The summed E-state index contributed by atoms with van der Waals surface area (Å²) in [5, 5.41) is 7.50. The molecule has 0 aliphatic carbocycles. The second-order valence-corrected chi connectivity index (χ2v) is 5.47. The molecule has 104 valence electrons. The Morgan fingerprint density at radius 1 is 1.25 bits per heavy atom. The molecule has 2 aromatic rings. The van der Waals surface area contributed by atoms with E-state index in [2.05, 4.69) is 15.6 Å². The minimum absolute atomic E-state index is 0.0854. The van der Waals surface area contributed by atoms with Crippen molar-refractivity contribution in [2.75, 3.05) is 5.32 Å². The average Bonchev–Trinajstić information content (AvgIpc) is 2.43. The molecule has 1 heterocycles. The zero-order chi connectivity index (χ0) is 14.5. The third-order valence-electron chi connectivity index (χ3n) is 2.69. The molecule has 20 heavy (non-hydrogen) atoms. The minimum atomic E-state index is 0.0854. The number of hydrogen-bond donors (Lipinski definition) is 2. The molecule has 0 fully saturated rings. The van der Waals surface area contributed by atoms with Crippen LogP contribution in [-0.4, -0.2) is 10.1 Å². The summed E-state index contributed by atoms with van der Waals surface area (Å²) in [6.07, 6.45) is 1.51. The Morgan fingerprint density at radius 2 is 1.95 bits per heavy atom. The van der Waals surface area contributed by atoms with Gasteiger partial charge in [-0.05, 0) is 30.8 Å². The summed E-state index contributed by atoms with van der Waals surface area (Å²) in [6, 6.07) is 11.7. The van der Waals surface area contributed by atoms with Gasteiger partial charge in [-0.3, -0.25) is 0 Å². The molecule has 2 N–H and O–H groups in total. The van der Waals surface area contributed by atoms with Crippen molar-refractivity contribution in [3.8, 4) is 0 Å². The largest absolute Gasteiger partial charge is 0.356 e. The van der Waals surface area contributed by atoms with Gasteiger partial charge in [0.2, 0.25) is 0 Å². The standard InChI is InChI=1S/C14H13Cl2N3S/c1-9(10-5-3-2-4-6-10)18-14(20)19-13-12(16)7-11(15)8-17-13/h2-9H,1H3,(H2,17,18,19,20)/t9-/m1/s1. The lowest BCUT2D eigenvalue weighted by molar-refractivity contribution is 0.722. The van der Waals surface area contributed by atoms with Gasteiger partial charge in [-0.2, -0.15) is 0 Å². The molecule has 0 unspecified atom stereocenters. The second-order valence-electron chi connectivity index (χ2n) is 4.21. The van der Waals surface area contributed by atoms with Crippen molar-refractivity contribution in [1.82, 2.24) is 10.3 Å². The summed E-state index contributed by atoms with van der Waals surface area (Å²) in [6.45, 7) is 2.03. The fourth-order valence-corrected chi connectivity index (χ4v) is 2.37. The molecule has 1 aromatic heterocycles. The monoisotopic (exact) mass is 325 g/mol. The Balaban J connectivity index is 1.99. The molecule has 0 radical (unpaired) electrons. The van der Waals surface area contributed by atoms with E-state index in [0.29, 0.717) is 21.0 Å². The van der Waals surface area contributed by atoms with Crippen LogP contribution in [0.1, 0.15) is 18.5 Å². The number of rotatable bonds is 3. The van der Waals surface area contributed by atoms with Crippen LogP contribution < -0.4 is 10.6 Å². The predicted octanol–water partition coefficient (Wildman–Crippen LogP) is 4.44. The molecule has 1 aromatic carbocycles. The smallest absolute Gasteiger partial charge is 0.172 e. The lowest BCUT2D eigenvalue weighted by atomic mass is 10.1. The van der Waals surface area contributed by atoms with E-state index in [-0.39, 0.29) is 6.04 Å². The number of anilines is 1. The summed E-state index contributed by atoms with van der Waals surface area (Å²) in [5.74, 6) is 0.480. The molecular weight excluding hydrogens is 313 g/mol. The topological polar surface area (TPSA) is 37.0 Å². The summed E-state index contributed by atoms with van der Waals surface area (Å²) in [5.41, 5.74) is 1.15. The van der Waals surface area contributed by atoms with Gasteiger partial charge < -0.3 is 10.6 Å². The highest BCUT2D eigenvalue weighted by Gasteiger charge is 2.09. The highest BCUT2D eigenvalue weighted by Crippen LogP contribution is 2.22. The third kappa shape index (κ3) is 4.07. The number of aromatic nitrogens is 1. The van der Waals surface area contributed by atoms with Crippen LogP contribution in [0.3, 0.4) is 0 Å². The second kappa shape index (κ2) is 6.88. The zero-order valence-electron chi connectivity index (χ0n) is 10.7. The van der Waals surface area contributed by atoms with Gasteiger partial charge in [0, 0.05) is 6.20 Å². The molecule has 0 aliphatic heterocycles. The molecular formula is C14H13Cl2N3S. The third-order valence-corrected chi connectivity index (χ3v) is 3.40. The Morgan fingerprint density at radius 3 is 2.60 bits per heavy atom. The molecule has 1 atom stereocenters. The van der Waals surface area contributed by atoms with Gasteiger partial charge in [-0.25, -0.2) is 4.98 Å². The molecule has 0 spiro atoms. The maximum Gasteiger partial charge on any atom is 0.172 e. The maximum absolute atomic E-state index is 6.03. The summed E-state index contributed by atoms with van der Waals surface area (Å²) >= 11 is 17.1. The molecule has 2 rings (SSSR count). The first kappa shape index (κ1) is 15.0. The van der Waals surface area contributed by atoms with Crippen LogP contribution in [0, 0.1) is 0 Å². The molecule has 3 nitrogen and oxygen atoms in total. The van der Waals surface area contributed by atoms with Crippen LogP contribution in [0.25, 0.3) is 0 Å². The van der Waals surface area contributed by atoms with Gasteiger partial charge in [0.1, 0.15) is 0 Å². The van der Waals surface area contributed by atoms with Crippen molar-refractivity contribution in [3.05, 3.63) is 58.2 Å². The van der Waals surface area contributed by atoms with Crippen molar-refractivity contribution in [1.29, 1.82) is 0 Å².